The lowest BCUT2D eigenvalue weighted by atomic mass is 9.81. The average molecular weight is 330 g/mol. The molecule has 0 aromatic carbocycles. The summed E-state index contributed by atoms with van der Waals surface area (Å²) in [5.74, 6) is -0.695. The molecule has 12 nitrogen and oxygen atoms in total. The van der Waals surface area contributed by atoms with E-state index in [2.05, 4.69) is 25.6 Å². The number of aliphatic hydroxyl groups excluding tert-OH is 4. The first-order valence-corrected chi connectivity index (χ1v) is 6.97. The first-order chi connectivity index (χ1) is 10.9. The maximum absolute atomic E-state index is 11.7. The minimum atomic E-state index is -1.52. The molecule has 2 rings (SSSR count). The van der Waals surface area contributed by atoms with Crippen molar-refractivity contribution >= 4 is 6.09 Å². The molecule has 128 valence electrons. The number of carbonyl (C=O) groups excluding carboxylic acids is 1. The van der Waals surface area contributed by atoms with Crippen LogP contribution in [0.25, 0.3) is 10.4 Å². The summed E-state index contributed by atoms with van der Waals surface area (Å²) in [4.78, 5) is 14.3. The Bertz CT molecular complexity index is 517. The Morgan fingerprint density at radius 1 is 1.39 bits per heavy atom. The Morgan fingerprint density at radius 2 is 2.09 bits per heavy atom. The molecule has 0 saturated heterocycles. The normalized spacial score (nSPS) is 34.3. The van der Waals surface area contributed by atoms with Crippen molar-refractivity contribution in [3.63, 3.8) is 0 Å². The molecule has 3 unspecified atom stereocenters. The molecule has 2 aliphatic rings. The van der Waals surface area contributed by atoms with Gasteiger partial charge in [0.25, 0.3) is 0 Å². The molecule has 1 aliphatic heterocycles. The number of nitrogens with one attached hydrogen (secondary N) is 1. The summed E-state index contributed by atoms with van der Waals surface area (Å²) in [6.45, 7) is -0.514. The molecule has 0 aromatic rings. The summed E-state index contributed by atoms with van der Waals surface area (Å²) in [7, 11) is 0. The summed E-state index contributed by atoms with van der Waals surface area (Å²) >= 11 is 0. The van der Waals surface area contributed by atoms with Crippen molar-refractivity contribution in [1.82, 2.24) is 5.32 Å². The van der Waals surface area contributed by atoms with Gasteiger partial charge in [-0.1, -0.05) is 5.11 Å². The van der Waals surface area contributed by atoms with Gasteiger partial charge in [0.2, 0.25) is 5.66 Å². The Labute approximate surface area is 130 Å². The third-order valence-corrected chi connectivity index (χ3v) is 3.86. The summed E-state index contributed by atoms with van der Waals surface area (Å²) in [5.41, 5.74) is 7.25. The van der Waals surface area contributed by atoms with Crippen molar-refractivity contribution in [2.24, 2.45) is 21.3 Å². The van der Waals surface area contributed by atoms with Gasteiger partial charge >= 0.3 is 6.09 Å². The molecule has 0 radical (unpaired) electrons. The van der Waals surface area contributed by atoms with Crippen LogP contribution in [-0.4, -0.2) is 76.3 Å². The van der Waals surface area contributed by atoms with Crippen LogP contribution in [0.4, 0.5) is 4.79 Å². The maximum Gasteiger partial charge on any atom is 0.407 e. The fourth-order valence-electron chi connectivity index (χ4n) is 2.40. The number of azide groups is 1. The fraction of sp³-hybridized carbons (Fsp3) is 0.909. The molecule has 1 heterocycles. The highest BCUT2D eigenvalue weighted by atomic mass is 16.6. The van der Waals surface area contributed by atoms with E-state index < -0.39 is 48.7 Å². The SMILES string of the molecule is [N-]=[N+]=NCC1(CNC(=O)OC2C(O)CC(CO)[C@@H](O)[C@@H]2O)N=N1. The standard InChI is InChI=1S/C11H18N6O6/c12-17-14-4-11(15-16-11)3-13-10(22)23-9-6(19)1-5(2-18)7(20)8(9)21/h5-9,18-21H,1-4H2,(H,13,22)/t5?,6?,7-,8+,9?/m1/s1. The molecule has 0 bridgehead atoms. The van der Waals surface area contributed by atoms with Crippen LogP contribution in [0, 0.1) is 5.92 Å². The van der Waals surface area contributed by atoms with Crippen molar-refractivity contribution < 1.29 is 30.0 Å². The highest BCUT2D eigenvalue weighted by molar-refractivity contribution is 5.67. The van der Waals surface area contributed by atoms with Crippen LogP contribution >= 0.6 is 0 Å². The van der Waals surface area contributed by atoms with Crippen molar-refractivity contribution in [2.45, 2.75) is 36.5 Å². The second-order valence-corrected chi connectivity index (χ2v) is 5.52. The van der Waals surface area contributed by atoms with Gasteiger partial charge < -0.3 is 30.5 Å². The van der Waals surface area contributed by atoms with Gasteiger partial charge in [-0.15, -0.1) is 0 Å². The van der Waals surface area contributed by atoms with Gasteiger partial charge in [-0.2, -0.15) is 10.2 Å². The van der Waals surface area contributed by atoms with E-state index in [1.165, 1.54) is 0 Å². The molecule has 0 aromatic heterocycles. The smallest absolute Gasteiger partial charge is 0.407 e. The molecule has 5 N–H and O–H groups in total. The average Bonchev–Trinajstić information content (AvgIpc) is 3.31. The third kappa shape index (κ3) is 4.06. The van der Waals surface area contributed by atoms with Gasteiger partial charge in [0, 0.05) is 17.4 Å². The Balaban J connectivity index is 1.84. The minimum Gasteiger partial charge on any atom is -0.441 e. The van der Waals surface area contributed by atoms with Crippen LogP contribution in [0.5, 0.6) is 0 Å². The predicted molar refractivity (Wildman–Crippen MR) is 73.1 cm³/mol. The lowest BCUT2D eigenvalue weighted by Gasteiger charge is -2.39. The van der Waals surface area contributed by atoms with E-state index in [0.717, 1.165) is 0 Å². The van der Waals surface area contributed by atoms with Crippen LogP contribution < -0.4 is 5.32 Å². The third-order valence-electron chi connectivity index (χ3n) is 3.86. The van der Waals surface area contributed by atoms with E-state index in [4.69, 9.17) is 15.4 Å². The van der Waals surface area contributed by atoms with Crippen molar-refractivity contribution in [2.75, 3.05) is 19.7 Å². The maximum atomic E-state index is 11.7. The molecule has 1 fully saturated rings. The Morgan fingerprint density at radius 3 is 2.65 bits per heavy atom. The van der Waals surface area contributed by atoms with Crippen LogP contribution in [0.15, 0.2) is 15.3 Å². The zero-order chi connectivity index (χ0) is 17.0. The van der Waals surface area contributed by atoms with E-state index in [-0.39, 0.29) is 19.5 Å². The number of carbonyl (C=O) groups is 1. The van der Waals surface area contributed by atoms with Crippen LogP contribution in [0.1, 0.15) is 6.42 Å². The number of hydrogen-bond donors (Lipinski definition) is 5. The Hall–Kier alpha value is -1.98. The number of rotatable bonds is 6. The van der Waals surface area contributed by atoms with Gasteiger partial charge in [0.05, 0.1) is 25.3 Å². The molecule has 12 heteroatoms. The summed E-state index contributed by atoms with van der Waals surface area (Å²) in [6.07, 6.45) is -6.34. The van der Waals surface area contributed by atoms with Crippen LogP contribution in [0.2, 0.25) is 0 Å². The molecule has 5 atom stereocenters. The molecular formula is C11H18N6O6. The number of alkyl carbamates (subject to hydrolysis) is 1. The number of ether oxygens (including phenoxy) is 1. The fourth-order valence-corrected chi connectivity index (χ4v) is 2.40. The highest BCUT2D eigenvalue weighted by Gasteiger charge is 2.45. The van der Waals surface area contributed by atoms with Gasteiger partial charge in [0.1, 0.15) is 6.10 Å². The topological polar surface area (TPSA) is 193 Å². The Kier molecular flexibility index (Phi) is 5.34. The zero-order valence-electron chi connectivity index (χ0n) is 12.1. The lowest BCUT2D eigenvalue weighted by Crippen LogP contribution is -2.56. The molecule has 1 aliphatic carbocycles. The summed E-state index contributed by atoms with van der Waals surface area (Å²) < 4.78 is 4.93. The first-order valence-electron chi connectivity index (χ1n) is 6.97. The van der Waals surface area contributed by atoms with Crippen LogP contribution in [-0.2, 0) is 4.74 Å². The second kappa shape index (κ2) is 7.06. The molecule has 1 saturated carbocycles. The zero-order valence-corrected chi connectivity index (χ0v) is 12.1. The van der Waals surface area contributed by atoms with E-state index in [1.807, 2.05) is 0 Å². The van der Waals surface area contributed by atoms with Crippen molar-refractivity contribution in [1.29, 1.82) is 0 Å². The number of aliphatic hydroxyl groups is 4. The van der Waals surface area contributed by atoms with Gasteiger partial charge in [-0.05, 0) is 12.0 Å². The van der Waals surface area contributed by atoms with E-state index in [9.17, 15) is 20.1 Å². The lowest BCUT2D eigenvalue weighted by molar-refractivity contribution is -0.163. The number of amides is 1. The van der Waals surface area contributed by atoms with E-state index >= 15 is 0 Å². The minimum absolute atomic E-state index is 0.0157. The second-order valence-electron chi connectivity index (χ2n) is 5.52. The van der Waals surface area contributed by atoms with Gasteiger partial charge in [-0.3, -0.25) is 0 Å². The highest BCUT2D eigenvalue weighted by Crippen LogP contribution is 2.29. The monoisotopic (exact) mass is 330 g/mol. The predicted octanol–water partition coefficient (Wildman–Crippen LogP) is -1.35. The molecular weight excluding hydrogens is 312 g/mol. The molecule has 1 amide bonds. The van der Waals surface area contributed by atoms with Crippen molar-refractivity contribution in [3.8, 4) is 0 Å². The molecule has 23 heavy (non-hydrogen) atoms. The van der Waals surface area contributed by atoms with Gasteiger partial charge in [-0.25, -0.2) is 4.79 Å². The quantitative estimate of drug-likeness (QED) is 0.227. The summed E-state index contributed by atoms with van der Waals surface area (Å²) in [6, 6.07) is 0. The molecule has 0 spiro atoms. The van der Waals surface area contributed by atoms with E-state index in [1.54, 1.807) is 0 Å². The number of nitrogens with zero attached hydrogens (tertiary/aromatic N) is 5. The van der Waals surface area contributed by atoms with Crippen molar-refractivity contribution in [3.05, 3.63) is 10.4 Å². The largest absolute Gasteiger partial charge is 0.441 e. The number of hydrogen-bond acceptors (Lipinski definition) is 9. The van der Waals surface area contributed by atoms with E-state index in [0.29, 0.717) is 0 Å². The first kappa shape index (κ1) is 17.4. The summed E-state index contributed by atoms with van der Waals surface area (Å²) in [5, 5.41) is 51.6. The van der Waals surface area contributed by atoms with Crippen LogP contribution in [0.3, 0.4) is 0 Å². The van der Waals surface area contributed by atoms with Gasteiger partial charge in [0.15, 0.2) is 6.10 Å².